The van der Waals surface area contributed by atoms with Gasteiger partial charge in [-0.25, -0.2) is 4.79 Å². The zero-order chi connectivity index (χ0) is 26.9. The Balaban J connectivity index is 2.08. The van der Waals surface area contributed by atoms with Crippen LogP contribution in [0.4, 0.5) is 4.79 Å². The van der Waals surface area contributed by atoms with Gasteiger partial charge >= 0.3 is 12.1 Å². The molecule has 0 unspecified atom stereocenters. The number of likely N-dealkylation sites (N-methyl/N-ethyl adjacent to an activating group) is 2. The highest BCUT2D eigenvalue weighted by molar-refractivity contribution is 5.91. The molecule has 9 heteroatoms. The number of ketones is 1. The zero-order valence-electron chi connectivity index (χ0n) is 22.4. The SMILES string of the molecule is CN(C)C(=O)[C@H](CC(=O)OC(C)(C)C)NCC(=O)[C@H](C1CCCC1)N(C)C(=O)OCc1ccccc1. The predicted octanol–water partition coefficient (Wildman–Crippen LogP) is 3.16. The van der Waals surface area contributed by atoms with E-state index in [4.69, 9.17) is 9.47 Å². The van der Waals surface area contributed by atoms with Crippen molar-refractivity contribution in [3.8, 4) is 0 Å². The molecule has 1 aliphatic carbocycles. The second-order valence-corrected chi connectivity index (χ2v) is 10.6. The molecule has 1 aromatic rings. The number of benzene rings is 1. The molecule has 2 atom stereocenters. The predicted molar refractivity (Wildman–Crippen MR) is 136 cm³/mol. The Morgan fingerprint density at radius 1 is 1.03 bits per heavy atom. The van der Waals surface area contributed by atoms with Crippen LogP contribution < -0.4 is 5.32 Å². The third-order valence-electron chi connectivity index (χ3n) is 6.14. The van der Waals surface area contributed by atoms with Crippen molar-refractivity contribution in [2.75, 3.05) is 27.7 Å². The van der Waals surface area contributed by atoms with Crippen LogP contribution in [0.15, 0.2) is 30.3 Å². The lowest BCUT2D eigenvalue weighted by atomic mass is 9.93. The summed E-state index contributed by atoms with van der Waals surface area (Å²) in [6.07, 6.45) is 2.89. The Labute approximate surface area is 214 Å². The molecule has 0 heterocycles. The average molecular weight is 504 g/mol. The summed E-state index contributed by atoms with van der Waals surface area (Å²) in [4.78, 5) is 54.1. The third-order valence-corrected chi connectivity index (χ3v) is 6.14. The summed E-state index contributed by atoms with van der Waals surface area (Å²) in [5.41, 5.74) is 0.173. The first-order valence-electron chi connectivity index (χ1n) is 12.5. The van der Waals surface area contributed by atoms with Crippen molar-refractivity contribution in [2.45, 2.75) is 77.2 Å². The molecular weight excluding hydrogens is 462 g/mol. The Hall–Kier alpha value is -2.94. The number of carbonyl (C=O) groups excluding carboxylic acids is 4. The van der Waals surface area contributed by atoms with E-state index in [0.717, 1.165) is 31.2 Å². The summed E-state index contributed by atoms with van der Waals surface area (Å²) in [6.45, 7) is 5.21. The summed E-state index contributed by atoms with van der Waals surface area (Å²) >= 11 is 0. The lowest BCUT2D eigenvalue weighted by Gasteiger charge is -2.32. The number of rotatable bonds is 11. The summed E-state index contributed by atoms with van der Waals surface area (Å²) < 4.78 is 10.8. The molecule has 1 fully saturated rings. The van der Waals surface area contributed by atoms with Crippen LogP contribution in [-0.2, 0) is 30.5 Å². The highest BCUT2D eigenvalue weighted by atomic mass is 16.6. The standard InChI is InChI=1S/C27H41N3O6/c1-27(2,3)36-23(32)16-21(25(33)29(4)5)28-17-22(31)24(20-14-10-11-15-20)30(6)26(34)35-18-19-12-8-7-9-13-19/h7-9,12-13,20-21,24,28H,10-11,14-18H2,1-6H3/t21-,24-/m0/s1. The molecule has 200 valence electrons. The van der Waals surface area contributed by atoms with Crippen LogP contribution in [0.5, 0.6) is 0 Å². The highest BCUT2D eigenvalue weighted by Gasteiger charge is 2.37. The minimum absolute atomic E-state index is 0.0161. The topological polar surface area (TPSA) is 105 Å². The molecule has 2 amide bonds. The van der Waals surface area contributed by atoms with Crippen LogP contribution in [0.25, 0.3) is 0 Å². The number of Topliss-reactive ketones (excluding diaryl/α,β-unsaturated/α-hetero) is 1. The van der Waals surface area contributed by atoms with Gasteiger partial charge in [0.1, 0.15) is 12.2 Å². The first-order valence-corrected chi connectivity index (χ1v) is 12.5. The van der Waals surface area contributed by atoms with E-state index in [1.807, 2.05) is 30.3 Å². The largest absolute Gasteiger partial charge is 0.460 e. The van der Waals surface area contributed by atoms with Gasteiger partial charge in [0.25, 0.3) is 0 Å². The number of nitrogens with zero attached hydrogens (tertiary/aromatic N) is 2. The molecule has 0 aromatic heterocycles. The van der Waals surface area contributed by atoms with Gasteiger partial charge in [0.15, 0.2) is 5.78 Å². The van der Waals surface area contributed by atoms with Crippen LogP contribution in [0.1, 0.15) is 58.4 Å². The van der Waals surface area contributed by atoms with Crippen molar-refractivity contribution >= 4 is 23.8 Å². The molecule has 36 heavy (non-hydrogen) atoms. The molecule has 0 aliphatic heterocycles. The van der Waals surface area contributed by atoms with E-state index in [0.29, 0.717) is 0 Å². The molecule has 9 nitrogen and oxygen atoms in total. The van der Waals surface area contributed by atoms with Crippen LogP contribution in [-0.4, -0.2) is 78.9 Å². The number of esters is 1. The quantitative estimate of drug-likeness (QED) is 0.463. The van der Waals surface area contributed by atoms with Gasteiger partial charge in [0, 0.05) is 21.1 Å². The molecule has 1 aromatic carbocycles. The second kappa shape index (κ2) is 13.4. The van der Waals surface area contributed by atoms with Gasteiger partial charge in [-0.2, -0.15) is 0 Å². The molecule has 1 aliphatic rings. The molecule has 0 bridgehead atoms. The third kappa shape index (κ3) is 9.26. The van der Waals surface area contributed by atoms with Crippen LogP contribution in [0.3, 0.4) is 0 Å². The highest BCUT2D eigenvalue weighted by Crippen LogP contribution is 2.31. The lowest BCUT2D eigenvalue weighted by Crippen LogP contribution is -2.53. The maximum Gasteiger partial charge on any atom is 0.410 e. The molecule has 1 N–H and O–H groups in total. The molecule has 2 rings (SSSR count). The fraction of sp³-hybridized carbons (Fsp3) is 0.630. The van der Waals surface area contributed by atoms with E-state index < -0.39 is 29.7 Å². The van der Waals surface area contributed by atoms with Gasteiger partial charge in [0.05, 0.1) is 25.0 Å². The first kappa shape index (κ1) is 29.3. The number of carbonyl (C=O) groups is 4. The molecule has 0 radical (unpaired) electrons. The minimum atomic E-state index is -0.918. The zero-order valence-corrected chi connectivity index (χ0v) is 22.4. The van der Waals surface area contributed by atoms with Crippen molar-refractivity contribution in [3.05, 3.63) is 35.9 Å². The normalized spacial score (nSPS) is 15.6. The minimum Gasteiger partial charge on any atom is -0.460 e. The van der Waals surface area contributed by atoms with Crippen molar-refractivity contribution in [1.82, 2.24) is 15.1 Å². The smallest absolute Gasteiger partial charge is 0.410 e. The van der Waals surface area contributed by atoms with Crippen LogP contribution in [0.2, 0.25) is 0 Å². The molecule has 1 saturated carbocycles. The molecular formula is C27H41N3O6. The number of amides is 2. The maximum absolute atomic E-state index is 13.4. The number of hydrogen-bond donors (Lipinski definition) is 1. The van der Waals surface area contributed by atoms with Crippen molar-refractivity contribution in [2.24, 2.45) is 5.92 Å². The van der Waals surface area contributed by atoms with Gasteiger partial charge < -0.3 is 19.3 Å². The van der Waals surface area contributed by atoms with Crippen LogP contribution >= 0.6 is 0 Å². The summed E-state index contributed by atoms with van der Waals surface area (Å²) in [5.74, 6) is -1.07. The van der Waals surface area contributed by atoms with Gasteiger partial charge in [-0.05, 0) is 45.1 Å². The van der Waals surface area contributed by atoms with E-state index in [9.17, 15) is 19.2 Å². The van der Waals surface area contributed by atoms with E-state index in [2.05, 4.69) is 5.32 Å². The fourth-order valence-corrected chi connectivity index (χ4v) is 4.44. The van der Waals surface area contributed by atoms with Gasteiger partial charge in [-0.15, -0.1) is 0 Å². The molecule has 0 spiro atoms. The van der Waals surface area contributed by atoms with Crippen molar-refractivity contribution < 1.29 is 28.7 Å². The Morgan fingerprint density at radius 2 is 1.64 bits per heavy atom. The van der Waals surface area contributed by atoms with Crippen molar-refractivity contribution in [3.63, 3.8) is 0 Å². The van der Waals surface area contributed by atoms with E-state index in [-0.39, 0.29) is 37.2 Å². The number of ether oxygens (including phenoxy) is 2. The van der Waals surface area contributed by atoms with Gasteiger partial charge in [-0.3, -0.25) is 19.7 Å². The Bertz CT molecular complexity index is 891. The Kier molecular flexibility index (Phi) is 10.9. The summed E-state index contributed by atoms with van der Waals surface area (Å²) in [6, 6.07) is 7.75. The van der Waals surface area contributed by atoms with Crippen molar-refractivity contribution in [1.29, 1.82) is 0 Å². The number of hydrogen-bond acceptors (Lipinski definition) is 7. The maximum atomic E-state index is 13.4. The summed E-state index contributed by atoms with van der Waals surface area (Å²) in [7, 11) is 4.76. The first-order chi connectivity index (χ1) is 16.9. The Morgan fingerprint density at radius 3 is 2.19 bits per heavy atom. The van der Waals surface area contributed by atoms with E-state index in [1.165, 1.54) is 9.80 Å². The van der Waals surface area contributed by atoms with E-state index in [1.54, 1.807) is 41.9 Å². The monoisotopic (exact) mass is 503 g/mol. The van der Waals surface area contributed by atoms with E-state index >= 15 is 0 Å². The second-order valence-electron chi connectivity index (χ2n) is 10.6. The fourth-order valence-electron chi connectivity index (χ4n) is 4.44. The number of nitrogens with one attached hydrogen (secondary N) is 1. The lowest BCUT2D eigenvalue weighted by molar-refractivity contribution is -0.157. The summed E-state index contributed by atoms with van der Waals surface area (Å²) in [5, 5.41) is 2.95. The average Bonchev–Trinajstić information content (AvgIpc) is 3.33. The van der Waals surface area contributed by atoms with Gasteiger partial charge in [-0.1, -0.05) is 43.2 Å². The molecule has 0 saturated heterocycles. The van der Waals surface area contributed by atoms with Crippen LogP contribution in [0, 0.1) is 5.92 Å². The van der Waals surface area contributed by atoms with Gasteiger partial charge in [0.2, 0.25) is 5.91 Å².